The van der Waals surface area contributed by atoms with Crippen molar-refractivity contribution in [1.82, 2.24) is 0 Å². The molecule has 4 aliphatic rings. The molecular weight excluding hydrogens is 910 g/mol. The Morgan fingerprint density at radius 2 is 0.965 bits per heavy atom. The van der Waals surface area contributed by atoms with E-state index in [9.17, 15) is 47.3 Å². The van der Waals surface area contributed by atoms with E-state index in [0.29, 0.717) is 35.1 Å². The minimum absolute atomic E-state index is 0. The van der Waals surface area contributed by atoms with Gasteiger partial charge < -0.3 is 18.2 Å². The number of hydrogen-bond acceptors (Lipinski definition) is 14. The van der Waals surface area contributed by atoms with E-state index in [0.717, 1.165) is 23.3 Å². The smallest absolute Gasteiger partial charge is 0.757 e. The Labute approximate surface area is 365 Å². The van der Waals surface area contributed by atoms with E-state index < -0.39 is 41.6 Å². The van der Waals surface area contributed by atoms with Gasteiger partial charge in [-0.2, -0.15) is 0 Å². The largest absolute Gasteiger partial charge is 2.00 e. The maximum atomic E-state index is 12.2. The molecule has 2 atom stereocenters. The number of rotatable bonds is 8. The molecule has 18 nitrogen and oxygen atoms in total. The third kappa shape index (κ3) is 10.8. The summed E-state index contributed by atoms with van der Waals surface area (Å²) >= 11 is 0. The van der Waals surface area contributed by atoms with Crippen LogP contribution >= 0.6 is 0 Å². The van der Waals surface area contributed by atoms with Crippen molar-refractivity contribution < 1.29 is 46.1 Å². The van der Waals surface area contributed by atoms with E-state index in [1.807, 2.05) is 13.8 Å². The molecular formula is C36H28BaN6O12S2. The number of allylic oxidation sites excluding steroid dienone is 14. The molecule has 0 amide bonds. The number of nitro groups is 2. The summed E-state index contributed by atoms with van der Waals surface area (Å²) < 4.78 is 63.5. The standard InChI is InChI=1S/2C18H15N3O6S.Ba/c2*1-2-11-3-7-16(21(23)24)15(9-11)19-20-18-14-6-5-13(28(25,26)27)10-12(14)4-8-17(18)22;/h2*3-10H,2H2,1H3,(H2,25,26,27);/q;;+2/p-2. The van der Waals surface area contributed by atoms with Gasteiger partial charge in [0.15, 0.2) is 11.4 Å². The first-order valence-electron chi connectivity index (χ1n) is 16.2. The molecule has 6 rings (SSSR count). The molecule has 0 bridgehead atoms. The Morgan fingerprint density at radius 1 is 0.596 bits per heavy atom. The molecule has 0 aliphatic heterocycles. The molecule has 0 saturated heterocycles. The van der Waals surface area contributed by atoms with E-state index in [1.54, 1.807) is 12.1 Å². The molecule has 2 unspecified atom stereocenters. The molecule has 4 aliphatic carbocycles. The van der Waals surface area contributed by atoms with Gasteiger partial charge in [0.2, 0.25) is 11.6 Å². The summed E-state index contributed by atoms with van der Waals surface area (Å²) in [5.41, 5.74) is 2.29. The number of aryl methyl sites for hydroxylation is 2. The number of nitro benzene ring substituents is 2. The number of fused-ring (bicyclic) bond motifs is 2. The fraction of sp³-hybridized carbons (Fsp3) is 0.111. The second kappa shape index (κ2) is 18.6. The van der Waals surface area contributed by atoms with Crippen LogP contribution in [-0.2, 0) is 42.6 Å². The first-order chi connectivity index (χ1) is 26.4. The summed E-state index contributed by atoms with van der Waals surface area (Å²) in [6, 6.07) is 8.93. The van der Waals surface area contributed by atoms with Gasteiger partial charge in [-0.1, -0.05) is 50.3 Å². The van der Waals surface area contributed by atoms with Crippen molar-refractivity contribution in [2.24, 2.45) is 20.5 Å². The van der Waals surface area contributed by atoms with Gasteiger partial charge in [0.25, 0.3) is 11.4 Å². The van der Waals surface area contributed by atoms with Gasteiger partial charge in [-0.15, -0.1) is 20.5 Å². The fourth-order valence-corrected chi connectivity index (χ4v) is 6.36. The maximum absolute atomic E-state index is 12.2. The van der Waals surface area contributed by atoms with Crippen molar-refractivity contribution in [1.29, 1.82) is 0 Å². The van der Waals surface area contributed by atoms with Gasteiger partial charge in [-0.3, -0.25) is 38.2 Å². The zero-order chi connectivity index (χ0) is 40.9. The van der Waals surface area contributed by atoms with Crippen molar-refractivity contribution in [2.75, 3.05) is 0 Å². The number of azo groups is 2. The van der Waals surface area contributed by atoms with Crippen molar-refractivity contribution in [3.05, 3.63) is 162 Å². The molecule has 0 fully saturated rings. The Balaban J connectivity index is 0.000000248. The first kappa shape index (κ1) is 44.9. The fourth-order valence-electron chi connectivity index (χ4n) is 5.32. The van der Waals surface area contributed by atoms with Crippen LogP contribution in [0.15, 0.2) is 151 Å². The van der Waals surface area contributed by atoms with Crippen LogP contribution in [0.2, 0.25) is 0 Å². The van der Waals surface area contributed by atoms with Crippen molar-refractivity contribution in [3.63, 3.8) is 0 Å². The summed E-state index contributed by atoms with van der Waals surface area (Å²) in [6.07, 6.45) is 13.7. The number of carbonyl (C=O) groups excluding carboxylic acids is 2. The number of nitrogens with zero attached hydrogens (tertiary/aromatic N) is 6. The molecule has 0 radical (unpaired) electrons. The zero-order valence-electron chi connectivity index (χ0n) is 29.8. The molecule has 288 valence electrons. The van der Waals surface area contributed by atoms with Crippen molar-refractivity contribution in [3.8, 4) is 0 Å². The van der Waals surface area contributed by atoms with Crippen molar-refractivity contribution >= 4 is 113 Å². The number of carbonyl (C=O) groups is 2. The van der Waals surface area contributed by atoms with Crippen LogP contribution in [0.5, 0.6) is 0 Å². The van der Waals surface area contributed by atoms with Gasteiger partial charge in [0.05, 0.1) is 9.85 Å². The van der Waals surface area contributed by atoms with Gasteiger partial charge in [0, 0.05) is 53.2 Å². The van der Waals surface area contributed by atoms with Gasteiger partial charge in [-0.05, 0) is 83.7 Å². The van der Waals surface area contributed by atoms with E-state index in [1.165, 1.54) is 72.9 Å². The topological polar surface area (TPSA) is 291 Å². The minimum Gasteiger partial charge on any atom is -0.757 e. The van der Waals surface area contributed by atoms with E-state index in [-0.39, 0.29) is 92.8 Å². The monoisotopic (exact) mass is 938 g/mol. The Hall–Kier alpha value is -4.85. The predicted octanol–water partition coefficient (Wildman–Crippen LogP) is 6.00. The summed E-state index contributed by atoms with van der Waals surface area (Å²) in [7, 11) is -8.81. The normalized spacial score (nSPS) is 18.0. The molecule has 0 spiro atoms. The summed E-state index contributed by atoms with van der Waals surface area (Å²) in [6.45, 7) is 3.77. The molecule has 2 N–H and O–H groups in total. The van der Waals surface area contributed by atoms with Crippen molar-refractivity contribution in [2.45, 2.75) is 26.7 Å². The predicted molar refractivity (Wildman–Crippen MR) is 210 cm³/mol. The second-order valence-electron chi connectivity index (χ2n) is 11.8. The minimum atomic E-state index is -4.40. The van der Waals surface area contributed by atoms with E-state index in [4.69, 9.17) is 9.11 Å². The van der Waals surface area contributed by atoms with Crippen LogP contribution in [0.25, 0.3) is 0 Å². The van der Waals surface area contributed by atoms with Gasteiger partial charge in [-0.25, -0.2) is 0 Å². The molecule has 0 heterocycles. The molecule has 2 aromatic carbocycles. The quantitative estimate of drug-likeness (QED) is 0.101. The van der Waals surface area contributed by atoms with Crippen LogP contribution in [0, 0.1) is 20.2 Å². The van der Waals surface area contributed by atoms with Gasteiger partial charge in [0.1, 0.15) is 11.4 Å². The van der Waals surface area contributed by atoms with Crippen LogP contribution in [0.4, 0.5) is 22.7 Å². The van der Waals surface area contributed by atoms with E-state index in [2.05, 4.69) is 20.5 Å². The second-order valence-corrected chi connectivity index (χ2v) is 14.7. The Morgan fingerprint density at radius 3 is 1.28 bits per heavy atom. The number of ketones is 2. The third-order valence-corrected chi connectivity index (χ3v) is 9.95. The molecule has 57 heavy (non-hydrogen) atoms. The van der Waals surface area contributed by atoms with Gasteiger partial charge >= 0.3 is 48.9 Å². The average Bonchev–Trinajstić information content (AvgIpc) is 3.15. The van der Waals surface area contributed by atoms with Crippen LogP contribution in [-0.4, -0.2) is 107 Å². The summed E-state index contributed by atoms with van der Waals surface area (Å²) in [5.74, 6) is -0.963. The Bertz CT molecular complexity index is 2500. The van der Waals surface area contributed by atoms with E-state index >= 15 is 0 Å². The van der Waals surface area contributed by atoms with Crippen LogP contribution in [0.3, 0.4) is 0 Å². The molecule has 2 aromatic rings. The maximum Gasteiger partial charge on any atom is 2.00 e. The average molecular weight is 938 g/mol. The SMILES string of the molecule is CCc1ccc([N+](=O)[O-])c(N=NC2=C3C=CC(=S(=O)([O-])O)C=C3C=CC2=O)c1.CCc1ccc([N+](=O)[O-])c(N=NC2=C3C=CC(=S(=O)([O-])O)C=C3C=CC2=O)c1.[Ba+2]. The first-order valence-corrected chi connectivity index (χ1v) is 19.1. The third-order valence-electron chi connectivity index (χ3n) is 8.25. The number of benzene rings is 2. The Kier molecular flexibility index (Phi) is 14.6. The van der Waals surface area contributed by atoms with Crippen LogP contribution < -0.4 is 0 Å². The molecule has 0 aromatic heterocycles. The number of hydrogen-bond donors (Lipinski definition) is 2. The molecule has 0 saturated carbocycles. The molecule has 21 heteroatoms. The van der Waals surface area contributed by atoms with Crippen LogP contribution in [0.1, 0.15) is 25.0 Å². The summed E-state index contributed by atoms with van der Waals surface area (Å²) in [5, 5.41) is 38.0. The summed E-state index contributed by atoms with van der Waals surface area (Å²) in [4.78, 5) is 45.0. The zero-order valence-corrected chi connectivity index (χ0v) is 35.9.